The van der Waals surface area contributed by atoms with Crippen molar-refractivity contribution in [2.75, 3.05) is 33.3 Å². The number of aromatic nitrogens is 2. The molecule has 0 unspecified atom stereocenters. The highest BCUT2D eigenvalue weighted by Crippen LogP contribution is 2.25. The second-order valence-corrected chi connectivity index (χ2v) is 7.82. The Morgan fingerprint density at radius 3 is 2.45 bits per heavy atom. The predicted molar refractivity (Wildman–Crippen MR) is 110 cm³/mol. The Balaban J connectivity index is 1.94. The standard InChI is InChI=1S/C19H26N4O5S/c1-6-22(7-2)14(24)8-21(5)15(25)10-28-16(26)9-23-11-20-18-17(19(23)27)12(3)13(4)29-18/h11H,6-10H2,1-5H3. The van der Waals surface area contributed by atoms with Crippen LogP contribution in [0.15, 0.2) is 11.1 Å². The molecule has 0 radical (unpaired) electrons. The van der Waals surface area contributed by atoms with Gasteiger partial charge in [-0.1, -0.05) is 0 Å². The van der Waals surface area contributed by atoms with Gasteiger partial charge in [-0.2, -0.15) is 0 Å². The minimum Gasteiger partial charge on any atom is -0.454 e. The molecule has 2 heterocycles. The average Bonchev–Trinajstić information content (AvgIpc) is 2.97. The van der Waals surface area contributed by atoms with Crippen molar-refractivity contribution in [2.24, 2.45) is 0 Å². The predicted octanol–water partition coefficient (Wildman–Crippen LogP) is 0.945. The van der Waals surface area contributed by atoms with Crippen molar-refractivity contribution in [1.29, 1.82) is 0 Å². The number of rotatable bonds is 8. The molecule has 2 rings (SSSR count). The number of thiophene rings is 1. The highest BCUT2D eigenvalue weighted by atomic mass is 32.1. The van der Waals surface area contributed by atoms with E-state index >= 15 is 0 Å². The summed E-state index contributed by atoms with van der Waals surface area (Å²) >= 11 is 1.43. The van der Waals surface area contributed by atoms with E-state index in [-0.39, 0.29) is 24.6 Å². The van der Waals surface area contributed by atoms with Crippen LogP contribution in [-0.4, -0.2) is 70.4 Å². The van der Waals surface area contributed by atoms with Gasteiger partial charge in [0.25, 0.3) is 11.5 Å². The first-order chi connectivity index (χ1) is 13.7. The third-order valence-corrected chi connectivity index (χ3v) is 5.84. The zero-order valence-electron chi connectivity index (χ0n) is 17.4. The molecule has 0 aliphatic carbocycles. The largest absolute Gasteiger partial charge is 0.454 e. The summed E-state index contributed by atoms with van der Waals surface area (Å²) in [5.41, 5.74) is 0.530. The summed E-state index contributed by atoms with van der Waals surface area (Å²) in [6.45, 7) is 7.66. The molecule has 29 heavy (non-hydrogen) atoms. The number of hydrogen-bond donors (Lipinski definition) is 0. The summed E-state index contributed by atoms with van der Waals surface area (Å²) in [6.07, 6.45) is 1.30. The van der Waals surface area contributed by atoms with Crippen LogP contribution in [0.5, 0.6) is 0 Å². The van der Waals surface area contributed by atoms with Gasteiger partial charge in [0.2, 0.25) is 5.91 Å². The number of amides is 2. The van der Waals surface area contributed by atoms with Gasteiger partial charge in [0.15, 0.2) is 6.61 Å². The smallest absolute Gasteiger partial charge is 0.326 e. The molecule has 10 heteroatoms. The Labute approximate surface area is 172 Å². The molecule has 0 bridgehead atoms. The first-order valence-electron chi connectivity index (χ1n) is 9.32. The molecule has 0 N–H and O–H groups in total. The van der Waals surface area contributed by atoms with Gasteiger partial charge in [-0.25, -0.2) is 4.98 Å². The Hall–Kier alpha value is -2.75. The first kappa shape index (κ1) is 22.5. The Morgan fingerprint density at radius 1 is 1.17 bits per heavy atom. The van der Waals surface area contributed by atoms with Crippen molar-refractivity contribution < 1.29 is 19.1 Å². The van der Waals surface area contributed by atoms with Gasteiger partial charge in [-0.05, 0) is 33.3 Å². The summed E-state index contributed by atoms with van der Waals surface area (Å²) in [6, 6.07) is 0. The van der Waals surface area contributed by atoms with Crippen molar-refractivity contribution in [3.8, 4) is 0 Å². The van der Waals surface area contributed by atoms with Crippen molar-refractivity contribution in [3.05, 3.63) is 27.1 Å². The molecule has 0 aliphatic heterocycles. The zero-order valence-corrected chi connectivity index (χ0v) is 18.2. The van der Waals surface area contributed by atoms with E-state index in [9.17, 15) is 19.2 Å². The molecule has 0 aliphatic rings. The second kappa shape index (κ2) is 9.64. The van der Waals surface area contributed by atoms with Crippen LogP contribution in [-0.2, 0) is 25.7 Å². The van der Waals surface area contributed by atoms with Crippen LogP contribution in [0.25, 0.3) is 10.2 Å². The molecular formula is C19H26N4O5S. The van der Waals surface area contributed by atoms with Gasteiger partial charge in [0.1, 0.15) is 11.4 Å². The molecule has 0 spiro atoms. The van der Waals surface area contributed by atoms with E-state index in [0.717, 1.165) is 10.4 Å². The molecular weight excluding hydrogens is 396 g/mol. The number of carbonyl (C=O) groups is 3. The van der Waals surface area contributed by atoms with Crippen LogP contribution < -0.4 is 5.56 Å². The molecule has 0 saturated carbocycles. The molecule has 2 aromatic heterocycles. The molecule has 0 aromatic carbocycles. The fourth-order valence-electron chi connectivity index (χ4n) is 2.79. The van der Waals surface area contributed by atoms with Gasteiger partial charge >= 0.3 is 5.97 Å². The Kier molecular flexibility index (Phi) is 7.49. The zero-order chi connectivity index (χ0) is 21.7. The number of fused-ring (bicyclic) bond motifs is 1. The summed E-state index contributed by atoms with van der Waals surface area (Å²) < 4.78 is 6.15. The number of nitrogens with zero attached hydrogens (tertiary/aromatic N) is 4. The van der Waals surface area contributed by atoms with E-state index in [1.807, 2.05) is 27.7 Å². The first-order valence-corrected chi connectivity index (χ1v) is 10.1. The van der Waals surface area contributed by atoms with E-state index in [4.69, 9.17) is 4.74 Å². The highest BCUT2D eigenvalue weighted by molar-refractivity contribution is 7.18. The number of carbonyl (C=O) groups excluding carboxylic acids is 3. The minimum atomic E-state index is -0.727. The SMILES string of the molecule is CCN(CC)C(=O)CN(C)C(=O)COC(=O)Cn1cnc2sc(C)c(C)c2c1=O. The highest BCUT2D eigenvalue weighted by Gasteiger charge is 2.19. The summed E-state index contributed by atoms with van der Waals surface area (Å²) in [5.74, 6) is -1.40. The van der Waals surface area contributed by atoms with Gasteiger partial charge in [-0.3, -0.25) is 23.7 Å². The third kappa shape index (κ3) is 5.20. The fraction of sp³-hybridized carbons (Fsp3) is 0.526. The van der Waals surface area contributed by atoms with Crippen molar-refractivity contribution in [2.45, 2.75) is 34.2 Å². The van der Waals surface area contributed by atoms with Crippen LogP contribution in [0.4, 0.5) is 0 Å². The Morgan fingerprint density at radius 2 is 1.83 bits per heavy atom. The van der Waals surface area contributed by atoms with E-state index in [0.29, 0.717) is 23.3 Å². The third-order valence-electron chi connectivity index (χ3n) is 4.73. The van der Waals surface area contributed by atoms with Gasteiger partial charge in [-0.15, -0.1) is 11.3 Å². The maximum atomic E-state index is 12.6. The van der Waals surface area contributed by atoms with Crippen LogP contribution in [0.3, 0.4) is 0 Å². The maximum absolute atomic E-state index is 12.6. The van der Waals surface area contributed by atoms with Crippen molar-refractivity contribution >= 4 is 39.3 Å². The van der Waals surface area contributed by atoms with Crippen LogP contribution in [0, 0.1) is 13.8 Å². The van der Waals surface area contributed by atoms with Crippen LogP contribution >= 0.6 is 11.3 Å². The molecule has 0 saturated heterocycles. The molecule has 9 nitrogen and oxygen atoms in total. The number of esters is 1. The normalized spacial score (nSPS) is 10.8. The molecule has 0 atom stereocenters. The Bertz CT molecular complexity index is 977. The lowest BCUT2D eigenvalue weighted by Crippen LogP contribution is -2.42. The van der Waals surface area contributed by atoms with Crippen LogP contribution in [0.2, 0.25) is 0 Å². The van der Waals surface area contributed by atoms with E-state index in [1.54, 1.807) is 4.90 Å². The average molecular weight is 423 g/mol. The van der Waals surface area contributed by atoms with Gasteiger partial charge in [0, 0.05) is 25.0 Å². The van der Waals surface area contributed by atoms with Gasteiger partial charge in [0.05, 0.1) is 18.3 Å². The van der Waals surface area contributed by atoms with E-state index < -0.39 is 18.5 Å². The number of hydrogen-bond acceptors (Lipinski definition) is 7. The van der Waals surface area contributed by atoms with Crippen molar-refractivity contribution in [1.82, 2.24) is 19.4 Å². The lowest BCUT2D eigenvalue weighted by atomic mass is 10.2. The lowest BCUT2D eigenvalue weighted by molar-refractivity contribution is -0.153. The van der Waals surface area contributed by atoms with Gasteiger partial charge < -0.3 is 14.5 Å². The molecule has 158 valence electrons. The summed E-state index contributed by atoms with van der Waals surface area (Å²) in [7, 11) is 1.47. The second-order valence-electron chi connectivity index (χ2n) is 6.62. The number of ether oxygens (including phenoxy) is 1. The molecule has 2 amide bonds. The van der Waals surface area contributed by atoms with E-state index in [2.05, 4.69) is 4.98 Å². The minimum absolute atomic E-state index is 0.0884. The monoisotopic (exact) mass is 422 g/mol. The number of likely N-dealkylation sites (N-methyl/N-ethyl adjacent to an activating group) is 2. The lowest BCUT2D eigenvalue weighted by Gasteiger charge is -2.23. The summed E-state index contributed by atoms with van der Waals surface area (Å²) in [4.78, 5) is 57.5. The summed E-state index contributed by atoms with van der Waals surface area (Å²) in [5, 5.41) is 0.494. The molecule has 0 fully saturated rings. The maximum Gasteiger partial charge on any atom is 0.326 e. The fourth-order valence-corrected chi connectivity index (χ4v) is 3.77. The topological polar surface area (TPSA) is 102 Å². The van der Waals surface area contributed by atoms with Crippen molar-refractivity contribution in [3.63, 3.8) is 0 Å². The van der Waals surface area contributed by atoms with E-state index in [1.165, 1.54) is 34.2 Å². The number of aryl methyl sites for hydroxylation is 2. The van der Waals surface area contributed by atoms with Crippen LogP contribution in [0.1, 0.15) is 24.3 Å². The molecule has 2 aromatic rings. The quantitative estimate of drug-likeness (QED) is 0.587.